The van der Waals surface area contributed by atoms with Crippen LogP contribution in [0.5, 0.6) is 17.2 Å². The van der Waals surface area contributed by atoms with E-state index in [0.717, 1.165) is 35.2 Å². The largest absolute Gasteiger partial charge is 0.508 e. The second-order valence-electron chi connectivity index (χ2n) is 8.41. The molecule has 0 fully saturated rings. The maximum Gasteiger partial charge on any atom is 0.307 e. The molecule has 0 saturated heterocycles. The van der Waals surface area contributed by atoms with E-state index in [-0.39, 0.29) is 24.2 Å². The number of carbonyl (C=O) groups is 1. The number of carbonyl (C=O) groups excluding carboxylic acids is 1. The highest BCUT2D eigenvalue weighted by Gasteiger charge is 2.31. The minimum atomic E-state index is -0.270. The molecule has 1 heterocycles. The maximum atomic E-state index is 12.3. The minimum absolute atomic E-state index is 0.181. The minimum Gasteiger partial charge on any atom is -0.508 e. The number of aromatic hydroxyl groups is 1. The first-order chi connectivity index (χ1) is 14.8. The Kier molecular flexibility index (Phi) is 7.11. The summed E-state index contributed by atoms with van der Waals surface area (Å²) < 4.78 is 16.0. The summed E-state index contributed by atoms with van der Waals surface area (Å²) in [6, 6.07) is 7.71. The molecule has 0 amide bonds. The van der Waals surface area contributed by atoms with Crippen LogP contribution in [0.2, 0.25) is 0 Å². The zero-order valence-corrected chi connectivity index (χ0v) is 19.3. The van der Waals surface area contributed by atoms with E-state index in [0.29, 0.717) is 24.0 Å². The van der Waals surface area contributed by atoms with Crippen LogP contribution in [0.25, 0.3) is 0 Å². The number of hydrogen-bond acceptors (Lipinski definition) is 6. The summed E-state index contributed by atoms with van der Waals surface area (Å²) in [4.78, 5) is 14.5. The van der Waals surface area contributed by atoms with Gasteiger partial charge in [-0.25, -0.2) is 0 Å². The highest BCUT2D eigenvalue weighted by atomic mass is 16.5. The first-order valence-electron chi connectivity index (χ1n) is 10.7. The molecule has 0 unspecified atom stereocenters. The van der Waals surface area contributed by atoms with Crippen LogP contribution < -0.4 is 9.47 Å². The number of ether oxygens (including phenoxy) is 3. The van der Waals surface area contributed by atoms with Crippen molar-refractivity contribution in [3.05, 3.63) is 52.1 Å². The van der Waals surface area contributed by atoms with Crippen molar-refractivity contribution in [3.8, 4) is 17.2 Å². The van der Waals surface area contributed by atoms with Crippen molar-refractivity contribution >= 4 is 5.97 Å². The fourth-order valence-electron chi connectivity index (χ4n) is 4.47. The molecule has 1 aliphatic heterocycles. The van der Waals surface area contributed by atoms with Crippen LogP contribution in [0.4, 0.5) is 0 Å². The van der Waals surface area contributed by atoms with Crippen LogP contribution in [-0.2, 0) is 22.5 Å². The predicted molar refractivity (Wildman–Crippen MR) is 120 cm³/mol. The van der Waals surface area contributed by atoms with Gasteiger partial charge in [0.05, 0.1) is 27.8 Å². The Bertz CT molecular complexity index is 953. The van der Waals surface area contributed by atoms with Gasteiger partial charge in [-0.3, -0.25) is 9.69 Å². The predicted octanol–water partition coefficient (Wildman–Crippen LogP) is 4.50. The number of phenols is 1. The van der Waals surface area contributed by atoms with Gasteiger partial charge in [0.15, 0.2) is 11.5 Å². The molecule has 31 heavy (non-hydrogen) atoms. The van der Waals surface area contributed by atoms with Crippen LogP contribution in [0.3, 0.4) is 0 Å². The van der Waals surface area contributed by atoms with Gasteiger partial charge in [0.2, 0.25) is 0 Å². The quantitative estimate of drug-likeness (QED) is 0.656. The Balaban J connectivity index is 2.01. The summed E-state index contributed by atoms with van der Waals surface area (Å²) in [5.74, 6) is 1.71. The lowest BCUT2D eigenvalue weighted by molar-refractivity contribution is -0.142. The topological polar surface area (TPSA) is 68.2 Å². The number of methoxy groups -OCH3 is 3. The molecule has 0 radical (unpaired) electrons. The van der Waals surface area contributed by atoms with Crippen molar-refractivity contribution in [3.63, 3.8) is 0 Å². The van der Waals surface area contributed by atoms with Gasteiger partial charge in [-0.05, 0) is 59.7 Å². The highest BCUT2D eigenvalue weighted by molar-refractivity contribution is 5.70. The van der Waals surface area contributed by atoms with Crippen LogP contribution >= 0.6 is 0 Å². The summed E-state index contributed by atoms with van der Waals surface area (Å²) >= 11 is 0. The van der Waals surface area contributed by atoms with Crippen molar-refractivity contribution in [2.45, 2.75) is 52.1 Å². The summed E-state index contributed by atoms with van der Waals surface area (Å²) in [6.07, 6.45) is 1.04. The molecule has 2 aromatic rings. The van der Waals surface area contributed by atoms with Gasteiger partial charge in [0.25, 0.3) is 0 Å². The highest BCUT2D eigenvalue weighted by Crippen LogP contribution is 2.41. The lowest BCUT2D eigenvalue weighted by Gasteiger charge is -2.37. The summed E-state index contributed by atoms with van der Waals surface area (Å²) in [7, 11) is 4.64. The number of hydrogen-bond donors (Lipinski definition) is 1. The van der Waals surface area contributed by atoms with Crippen LogP contribution in [0, 0.1) is 6.92 Å². The van der Waals surface area contributed by atoms with Crippen LogP contribution in [0.1, 0.15) is 60.0 Å². The third kappa shape index (κ3) is 4.79. The number of benzene rings is 2. The lowest BCUT2D eigenvalue weighted by Crippen LogP contribution is -2.36. The summed E-state index contributed by atoms with van der Waals surface area (Å²) in [5.41, 5.74) is 5.35. The van der Waals surface area contributed by atoms with E-state index >= 15 is 0 Å². The molecule has 0 spiro atoms. The van der Waals surface area contributed by atoms with Gasteiger partial charge in [0.1, 0.15) is 5.75 Å². The van der Waals surface area contributed by atoms with E-state index in [1.165, 1.54) is 12.7 Å². The Morgan fingerprint density at radius 2 is 1.81 bits per heavy atom. The third-order valence-corrected chi connectivity index (χ3v) is 6.16. The Morgan fingerprint density at radius 1 is 1.13 bits per heavy atom. The Morgan fingerprint density at radius 3 is 2.42 bits per heavy atom. The number of rotatable bonds is 7. The summed E-state index contributed by atoms with van der Waals surface area (Å²) in [5, 5.41) is 10.6. The van der Waals surface area contributed by atoms with E-state index in [9.17, 15) is 9.90 Å². The van der Waals surface area contributed by atoms with Crippen molar-refractivity contribution in [2.24, 2.45) is 0 Å². The first kappa shape index (κ1) is 22.9. The molecule has 0 bridgehead atoms. The lowest BCUT2D eigenvalue weighted by atomic mass is 9.89. The van der Waals surface area contributed by atoms with E-state index in [1.807, 2.05) is 25.1 Å². The molecule has 0 aromatic heterocycles. The molecular weight excluding hydrogens is 394 g/mol. The van der Waals surface area contributed by atoms with Gasteiger partial charge in [-0.15, -0.1) is 0 Å². The van der Waals surface area contributed by atoms with Crippen LogP contribution in [-0.4, -0.2) is 43.8 Å². The number of fused-ring (bicyclic) bond motifs is 1. The monoisotopic (exact) mass is 427 g/mol. The second-order valence-corrected chi connectivity index (χ2v) is 8.41. The number of aryl methyl sites for hydroxylation is 1. The molecule has 0 saturated carbocycles. The van der Waals surface area contributed by atoms with Gasteiger partial charge < -0.3 is 19.3 Å². The van der Waals surface area contributed by atoms with Crippen molar-refractivity contribution in [1.29, 1.82) is 0 Å². The Labute approximate surface area is 184 Å². The maximum absolute atomic E-state index is 12.3. The molecule has 2 aromatic carbocycles. The van der Waals surface area contributed by atoms with Crippen molar-refractivity contribution in [2.75, 3.05) is 27.9 Å². The molecule has 6 nitrogen and oxygen atoms in total. The average Bonchev–Trinajstić information content (AvgIpc) is 2.75. The van der Waals surface area contributed by atoms with Crippen molar-refractivity contribution < 1.29 is 24.1 Å². The standard InChI is InChI=1S/C25H33NO5/c1-15(2)19-10-18(22(27)9-16(19)3)14-26-8-7-17-11-23(29-4)24(30-5)12-20(17)21(26)13-25(28)31-6/h9-12,15,21,27H,7-8,13-14H2,1-6H3/t21-/m0/s1. The number of phenolic OH excluding ortho intramolecular Hbond substituents is 1. The smallest absolute Gasteiger partial charge is 0.307 e. The van der Waals surface area contributed by atoms with E-state index in [4.69, 9.17) is 14.2 Å². The van der Waals surface area contributed by atoms with Crippen LogP contribution in [0.15, 0.2) is 24.3 Å². The fraction of sp³-hybridized carbons (Fsp3) is 0.480. The zero-order valence-electron chi connectivity index (χ0n) is 19.3. The number of esters is 1. The van der Waals surface area contributed by atoms with Gasteiger partial charge in [-0.2, -0.15) is 0 Å². The normalized spacial score (nSPS) is 16.2. The second kappa shape index (κ2) is 9.60. The fourth-order valence-corrected chi connectivity index (χ4v) is 4.47. The first-order valence-corrected chi connectivity index (χ1v) is 10.7. The molecule has 3 rings (SSSR count). The Hall–Kier alpha value is -2.73. The third-order valence-electron chi connectivity index (χ3n) is 6.16. The summed E-state index contributed by atoms with van der Waals surface area (Å²) in [6.45, 7) is 7.63. The van der Waals surface area contributed by atoms with E-state index in [1.54, 1.807) is 14.2 Å². The van der Waals surface area contributed by atoms with Gasteiger partial charge >= 0.3 is 5.97 Å². The molecular formula is C25H33NO5. The molecule has 1 N–H and O–H groups in total. The molecule has 1 aliphatic rings. The zero-order chi connectivity index (χ0) is 22.7. The molecule has 168 valence electrons. The molecule has 0 aliphatic carbocycles. The SMILES string of the molecule is COC(=O)C[C@H]1c2cc(OC)c(OC)cc2CCN1Cc1cc(C(C)C)c(C)cc1O. The molecule has 6 heteroatoms. The van der Waals surface area contributed by atoms with Gasteiger partial charge in [0, 0.05) is 24.7 Å². The molecule has 1 atom stereocenters. The van der Waals surface area contributed by atoms with Gasteiger partial charge in [-0.1, -0.05) is 19.9 Å². The van der Waals surface area contributed by atoms with Crippen molar-refractivity contribution in [1.82, 2.24) is 4.90 Å². The average molecular weight is 428 g/mol. The number of nitrogens with zero attached hydrogens (tertiary/aromatic N) is 1. The van der Waals surface area contributed by atoms with E-state index in [2.05, 4.69) is 24.8 Å². The van der Waals surface area contributed by atoms with E-state index < -0.39 is 0 Å².